The molecule has 0 fully saturated rings. The number of nitrogens with zero attached hydrogens (tertiary/aromatic N) is 2. The summed E-state index contributed by atoms with van der Waals surface area (Å²) in [7, 11) is 0. The van der Waals surface area contributed by atoms with Gasteiger partial charge in [0.1, 0.15) is 6.33 Å². The van der Waals surface area contributed by atoms with E-state index in [-0.39, 0.29) is 4.75 Å². The summed E-state index contributed by atoms with van der Waals surface area (Å²) in [6.07, 6.45) is 1.54. The molecule has 0 saturated heterocycles. The van der Waals surface area contributed by atoms with Crippen LogP contribution in [0, 0.1) is 0 Å². The summed E-state index contributed by atoms with van der Waals surface area (Å²) >= 11 is 1.88. The van der Waals surface area contributed by atoms with Crippen LogP contribution in [0.5, 0.6) is 0 Å². The van der Waals surface area contributed by atoms with Crippen molar-refractivity contribution in [2.75, 3.05) is 0 Å². The summed E-state index contributed by atoms with van der Waals surface area (Å²) in [5.41, 5.74) is 3.41. The van der Waals surface area contributed by atoms with Gasteiger partial charge in [-0.25, -0.2) is 4.98 Å². The summed E-state index contributed by atoms with van der Waals surface area (Å²) in [6.45, 7) is 6.68. The molecule has 2 aromatic carbocycles. The first kappa shape index (κ1) is 14.9. The second kappa shape index (κ2) is 5.97. The zero-order chi connectivity index (χ0) is 15.6. The summed E-state index contributed by atoms with van der Waals surface area (Å²) in [5, 5.41) is 6.89. The Kier molecular flexibility index (Phi) is 4.03. The molecular weight excluding hydrogens is 290 g/mol. The molecule has 0 aliphatic rings. The van der Waals surface area contributed by atoms with Gasteiger partial charge in [0.15, 0.2) is 5.82 Å². The fourth-order valence-corrected chi connectivity index (χ4v) is 3.31. The average molecular weight is 309 g/mol. The Bertz CT molecular complexity index is 741. The van der Waals surface area contributed by atoms with E-state index in [4.69, 9.17) is 0 Å². The van der Waals surface area contributed by atoms with E-state index in [0.717, 1.165) is 17.0 Å². The Morgan fingerprint density at radius 2 is 1.59 bits per heavy atom. The van der Waals surface area contributed by atoms with E-state index in [0.29, 0.717) is 0 Å². The number of hydrogen-bond acceptors (Lipinski definition) is 3. The van der Waals surface area contributed by atoms with Gasteiger partial charge in [-0.15, -0.1) is 11.8 Å². The zero-order valence-electron chi connectivity index (χ0n) is 13.0. The molecule has 0 spiro atoms. The van der Waals surface area contributed by atoms with E-state index >= 15 is 0 Å². The highest BCUT2D eigenvalue weighted by molar-refractivity contribution is 8.00. The van der Waals surface area contributed by atoms with Crippen molar-refractivity contribution in [3.63, 3.8) is 0 Å². The van der Waals surface area contributed by atoms with Crippen molar-refractivity contribution in [3.05, 3.63) is 54.9 Å². The lowest BCUT2D eigenvalue weighted by Crippen LogP contribution is -2.06. The Morgan fingerprint density at radius 3 is 2.18 bits per heavy atom. The van der Waals surface area contributed by atoms with Crippen LogP contribution in [0.3, 0.4) is 0 Å². The van der Waals surface area contributed by atoms with Gasteiger partial charge < -0.3 is 0 Å². The molecule has 0 atom stereocenters. The molecule has 0 aliphatic heterocycles. The van der Waals surface area contributed by atoms with Gasteiger partial charge in [0.05, 0.1) is 0 Å². The molecule has 4 heteroatoms. The fourth-order valence-electron chi connectivity index (χ4n) is 2.33. The lowest BCUT2D eigenvalue weighted by atomic mass is 9.99. The Balaban J connectivity index is 1.95. The third-order valence-corrected chi connectivity index (χ3v) is 4.31. The summed E-state index contributed by atoms with van der Waals surface area (Å²) in [5.74, 6) is 0.795. The van der Waals surface area contributed by atoms with Gasteiger partial charge in [0.25, 0.3) is 0 Å². The quantitative estimate of drug-likeness (QED) is 0.690. The van der Waals surface area contributed by atoms with Gasteiger partial charge >= 0.3 is 0 Å². The van der Waals surface area contributed by atoms with Crippen LogP contribution in [0.15, 0.2) is 59.8 Å². The van der Waals surface area contributed by atoms with Gasteiger partial charge in [-0.05, 0) is 23.3 Å². The number of aromatic amines is 1. The van der Waals surface area contributed by atoms with E-state index in [1.807, 2.05) is 23.9 Å². The van der Waals surface area contributed by atoms with Crippen molar-refractivity contribution >= 4 is 11.8 Å². The lowest BCUT2D eigenvalue weighted by Gasteiger charge is -2.17. The van der Waals surface area contributed by atoms with Gasteiger partial charge in [-0.1, -0.05) is 57.2 Å². The number of hydrogen-bond donors (Lipinski definition) is 1. The molecule has 112 valence electrons. The van der Waals surface area contributed by atoms with Gasteiger partial charge in [-0.3, -0.25) is 5.10 Å². The molecule has 3 nitrogen and oxygen atoms in total. The second-order valence-electron chi connectivity index (χ2n) is 6.12. The Morgan fingerprint density at radius 1 is 0.909 bits per heavy atom. The number of aromatic nitrogens is 3. The zero-order valence-corrected chi connectivity index (χ0v) is 13.8. The largest absolute Gasteiger partial charge is 0.259 e. The van der Waals surface area contributed by atoms with Crippen molar-refractivity contribution in [2.24, 2.45) is 0 Å². The molecule has 1 heterocycles. The molecule has 0 unspecified atom stereocenters. The van der Waals surface area contributed by atoms with Crippen LogP contribution in [0.2, 0.25) is 0 Å². The van der Waals surface area contributed by atoms with Crippen LogP contribution in [0.4, 0.5) is 0 Å². The highest BCUT2D eigenvalue weighted by Gasteiger charge is 2.13. The van der Waals surface area contributed by atoms with Gasteiger partial charge in [0.2, 0.25) is 0 Å². The van der Waals surface area contributed by atoms with E-state index in [2.05, 4.69) is 72.4 Å². The standard InChI is InChI=1S/C18H19N3S/c1-18(2,3)22-14-10-8-13(9-11-14)15-6-4-5-7-16(15)17-19-12-20-21-17/h4-12H,1-3H3,(H,19,20,21). The molecule has 0 amide bonds. The molecule has 3 aromatic rings. The SMILES string of the molecule is CC(C)(C)Sc1ccc(-c2ccccc2-c2ncn[nH]2)cc1. The van der Waals surface area contributed by atoms with Gasteiger partial charge in [0, 0.05) is 15.2 Å². The van der Waals surface area contributed by atoms with Crippen LogP contribution in [-0.2, 0) is 0 Å². The number of rotatable bonds is 3. The van der Waals surface area contributed by atoms with Gasteiger partial charge in [-0.2, -0.15) is 5.10 Å². The minimum atomic E-state index is 0.221. The smallest absolute Gasteiger partial charge is 0.156 e. The fraction of sp³-hybridized carbons (Fsp3) is 0.222. The van der Waals surface area contributed by atoms with Crippen molar-refractivity contribution in [1.29, 1.82) is 0 Å². The van der Waals surface area contributed by atoms with Crippen LogP contribution in [0.25, 0.3) is 22.5 Å². The minimum Gasteiger partial charge on any atom is -0.259 e. The third-order valence-electron chi connectivity index (χ3n) is 3.19. The molecule has 0 saturated carbocycles. The molecule has 22 heavy (non-hydrogen) atoms. The minimum absolute atomic E-state index is 0.221. The maximum atomic E-state index is 4.27. The predicted molar refractivity (Wildman–Crippen MR) is 92.9 cm³/mol. The predicted octanol–water partition coefficient (Wildman–Crippen LogP) is 5.03. The van der Waals surface area contributed by atoms with Crippen molar-refractivity contribution in [3.8, 4) is 22.5 Å². The van der Waals surface area contributed by atoms with E-state index < -0.39 is 0 Å². The van der Waals surface area contributed by atoms with E-state index in [9.17, 15) is 0 Å². The maximum absolute atomic E-state index is 4.27. The van der Waals surface area contributed by atoms with Crippen molar-refractivity contribution in [1.82, 2.24) is 15.2 Å². The molecular formula is C18H19N3S. The molecule has 0 aliphatic carbocycles. The first-order valence-corrected chi connectivity index (χ1v) is 8.09. The van der Waals surface area contributed by atoms with Crippen molar-refractivity contribution < 1.29 is 0 Å². The van der Waals surface area contributed by atoms with Crippen LogP contribution in [-0.4, -0.2) is 19.9 Å². The summed E-state index contributed by atoms with van der Waals surface area (Å²) in [4.78, 5) is 5.55. The maximum Gasteiger partial charge on any atom is 0.156 e. The average Bonchev–Trinajstić information content (AvgIpc) is 3.00. The lowest BCUT2D eigenvalue weighted by molar-refractivity contribution is 0.803. The van der Waals surface area contributed by atoms with Crippen LogP contribution < -0.4 is 0 Å². The molecule has 0 radical (unpaired) electrons. The molecule has 1 aromatic heterocycles. The molecule has 1 N–H and O–H groups in total. The molecule has 0 bridgehead atoms. The number of thioether (sulfide) groups is 1. The highest BCUT2D eigenvalue weighted by atomic mass is 32.2. The third kappa shape index (κ3) is 3.39. The normalized spacial score (nSPS) is 11.6. The summed E-state index contributed by atoms with van der Waals surface area (Å²) < 4.78 is 0.221. The van der Waals surface area contributed by atoms with Crippen LogP contribution >= 0.6 is 11.8 Å². The highest BCUT2D eigenvalue weighted by Crippen LogP contribution is 2.35. The number of H-pyrrole nitrogens is 1. The monoisotopic (exact) mass is 309 g/mol. The number of benzene rings is 2. The van der Waals surface area contributed by atoms with E-state index in [1.54, 1.807) is 0 Å². The first-order chi connectivity index (χ1) is 10.5. The van der Waals surface area contributed by atoms with Crippen molar-refractivity contribution in [2.45, 2.75) is 30.4 Å². The van der Waals surface area contributed by atoms with Crippen LogP contribution in [0.1, 0.15) is 20.8 Å². The second-order valence-corrected chi connectivity index (χ2v) is 8.02. The Labute approximate surface area is 135 Å². The van der Waals surface area contributed by atoms with E-state index in [1.165, 1.54) is 16.8 Å². The molecule has 3 rings (SSSR count). The number of nitrogens with one attached hydrogen (secondary N) is 1. The Hall–Kier alpha value is -2.07. The first-order valence-electron chi connectivity index (χ1n) is 7.27. The topological polar surface area (TPSA) is 41.6 Å². The summed E-state index contributed by atoms with van der Waals surface area (Å²) in [6, 6.07) is 17.0.